The van der Waals surface area contributed by atoms with E-state index in [1.165, 1.54) is 6.20 Å². The molecule has 2 heterocycles. The van der Waals surface area contributed by atoms with Crippen molar-refractivity contribution in [2.45, 2.75) is 136 Å². The Morgan fingerprint density at radius 3 is 2.31 bits per heavy atom. The Bertz CT molecular complexity index is 1340. The smallest absolute Gasteiger partial charge is 0.246 e. The Kier molecular flexibility index (Phi) is 11.7. The molecule has 10 heteroatoms. The van der Waals surface area contributed by atoms with Crippen LogP contribution in [-0.4, -0.2) is 68.4 Å². The summed E-state index contributed by atoms with van der Waals surface area (Å²) in [7, 11) is 0. The summed E-state index contributed by atoms with van der Waals surface area (Å²) < 4.78 is 0. The molecule has 0 bridgehead atoms. The third-order valence-corrected chi connectivity index (χ3v) is 11.5. The molecule has 1 aromatic heterocycles. The van der Waals surface area contributed by atoms with Gasteiger partial charge in [0.15, 0.2) is 23.2 Å². The molecule has 1 aromatic rings. The van der Waals surface area contributed by atoms with Gasteiger partial charge in [0, 0.05) is 50.0 Å². The highest BCUT2D eigenvalue weighted by Gasteiger charge is 2.52. The van der Waals surface area contributed by atoms with E-state index >= 15 is 0 Å². The molecule has 1 saturated heterocycles. The van der Waals surface area contributed by atoms with Crippen LogP contribution in [0, 0.1) is 40.9 Å². The number of nitrogens with zero attached hydrogens (tertiary/aromatic N) is 2. The second-order valence-corrected chi connectivity index (χ2v) is 16.3. The third-order valence-electron chi connectivity index (χ3n) is 11.5. The first kappa shape index (κ1) is 36.1. The summed E-state index contributed by atoms with van der Waals surface area (Å²) >= 11 is 0. The van der Waals surface area contributed by atoms with Gasteiger partial charge in [-0.05, 0) is 74.0 Å². The van der Waals surface area contributed by atoms with Crippen LogP contribution in [0.1, 0.15) is 135 Å². The topological polar surface area (TPSA) is 146 Å². The maximum atomic E-state index is 14.6. The summed E-state index contributed by atoms with van der Waals surface area (Å²) in [6, 6.07) is -1.58. The molecule has 48 heavy (non-hydrogen) atoms. The predicted molar refractivity (Wildman–Crippen MR) is 181 cm³/mol. The number of imidazole rings is 1. The van der Waals surface area contributed by atoms with Crippen LogP contribution in [-0.2, 0) is 24.0 Å². The summed E-state index contributed by atoms with van der Waals surface area (Å²) in [5.41, 5.74) is -0.671. The van der Waals surface area contributed by atoms with E-state index in [2.05, 4.69) is 15.3 Å². The zero-order chi connectivity index (χ0) is 34.6. The molecule has 0 radical (unpaired) electrons. The average molecular weight is 665 g/mol. The van der Waals surface area contributed by atoms with Crippen LogP contribution in [0.3, 0.4) is 0 Å². The molecule has 2 amide bonds. The van der Waals surface area contributed by atoms with Crippen molar-refractivity contribution in [2.24, 2.45) is 40.9 Å². The maximum Gasteiger partial charge on any atom is 0.246 e. The normalized spacial score (nSPS) is 24.8. The highest BCUT2D eigenvalue weighted by atomic mass is 16.2. The van der Waals surface area contributed by atoms with E-state index in [1.54, 1.807) is 11.1 Å². The van der Waals surface area contributed by atoms with Crippen molar-refractivity contribution in [3.63, 3.8) is 0 Å². The van der Waals surface area contributed by atoms with Crippen molar-refractivity contribution < 1.29 is 28.8 Å². The predicted octanol–water partition coefficient (Wildman–Crippen LogP) is 5.65. The van der Waals surface area contributed by atoms with Crippen molar-refractivity contribution >= 4 is 34.9 Å². The standard InChI is InChI=1S/C38H56N4O6/c1-5-10-25(33(46)30(44)19-23-15-16-23)20-29(43)32-27-14-9-13-26(27)22-42(32)37(48)34(38(2,3)4)41-36(47)28(24-11-7-6-8-12-24)21-31(45)35-39-17-18-40-35/h17-18,23-28,32,34H,5-16,19-22H2,1-4H3,(H,39,40)(H,41,47)/t25-,26+,27+,28+,32+,34-/m1/s1. The lowest BCUT2D eigenvalue weighted by Crippen LogP contribution is -2.58. The van der Waals surface area contributed by atoms with Gasteiger partial charge in [-0.3, -0.25) is 28.8 Å². The highest BCUT2D eigenvalue weighted by Crippen LogP contribution is 2.44. The second-order valence-electron chi connectivity index (χ2n) is 16.3. The number of carbonyl (C=O) groups excluding carboxylic acids is 6. The lowest BCUT2D eigenvalue weighted by molar-refractivity contribution is -0.146. The van der Waals surface area contributed by atoms with Crippen LogP contribution in [0.25, 0.3) is 0 Å². The van der Waals surface area contributed by atoms with Gasteiger partial charge >= 0.3 is 0 Å². The summed E-state index contributed by atoms with van der Waals surface area (Å²) in [4.78, 5) is 90.8. The molecule has 0 unspecified atom stereocenters. The number of Topliss-reactive ketones (excluding diaryl/α,β-unsaturated/α-hetero) is 4. The number of likely N-dealkylation sites (tertiary alicyclic amines) is 1. The molecule has 1 aliphatic heterocycles. The zero-order valence-corrected chi connectivity index (χ0v) is 29.4. The Balaban J connectivity index is 1.35. The highest BCUT2D eigenvalue weighted by molar-refractivity contribution is 6.38. The lowest BCUT2D eigenvalue weighted by atomic mass is 9.76. The van der Waals surface area contributed by atoms with Gasteiger partial charge in [0.1, 0.15) is 6.04 Å². The Hall–Kier alpha value is -3.17. The van der Waals surface area contributed by atoms with Gasteiger partial charge in [-0.25, -0.2) is 4.98 Å². The van der Waals surface area contributed by atoms with Crippen LogP contribution in [0.15, 0.2) is 12.4 Å². The van der Waals surface area contributed by atoms with E-state index < -0.39 is 35.1 Å². The van der Waals surface area contributed by atoms with Gasteiger partial charge in [-0.1, -0.05) is 59.8 Å². The molecule has 6 atom stereocenters. The fourth-order valence-electron chi connectivity index (χ4n) is 8.68. The summed E-state index contributed by atoms with van der Waals surface area (Å²) in [5.74, 6) is -2.26. The van der Waals surface area contributed by atoms with E-state index in [0.29, 0.717) is 25.3 Å². The average Bonchev–Trinajstić information content (AvgIpc) is 3.40. The van der Waals surface area contributed by atoms with Gasteiger partial charge in [-0.15, -0.1) is 0 Å². The van der Waals surface area contributed by atoms with Crippen molar-refractivity contribution in [1.29, 1.82) is 0 Å². The number of rotatable bonds is 16. The number of aromatic nitrogens is 2. The molecule has 10 nitrogen and oxygen atoms in total. The molecule has 4 fully saturated rings. The first-order valence-electron chi connectivity index (χ1n) is 18.6. The number of H-pyrrole nitrogens is 1. The van der Waals surface area contributed by atoms with Crippen molar-refractivity contribution in [3.8, 4) is 0 Å². The molecular formula is C38H56N4O6. The number of nitrogens with one attached hydrogen (secondary N) is 2. The largest absolute Gasteiger partial charge is 0.344 e. The molecule has 264 valence electrons. The van der Waals surface area contributed by atoms with E-state index in [1.807, 2.05) is 27.7 Å². The minimum Gasteiger partial charge on any atom is -0.344 e. The molecule has 2 N–H and O–H groups in total. The fourth-order valence-corrected chi connectivity index (χ4v) is 8.68. The first-order chi connectivity index (χ1) is 22.9. The molecule has 0 spiro atoms. The summed E-state index contributed by atoms with van der Waals surface area (Å²) in [6.07, 6.45) is 14.0. The van der Waals surface area contributed by atoms with Crippen molar-refractivity contribution in [3.05, 3.63) is 18.2 Å². The zero-order valence-electron chi connectivity index (χ0n) is 29.4. The quantitative estimate of drug-likeness (QED) is 0.172. The van der Waals surface area contributed by atoms with E-state index in [4.69, 9.17) is 0 Å². The van der Waals surface area contributed by atoms with Crippen molar-refractivity contribution in [2.75, 3.05) is 6.54 Å². The SMILES string of the molecule is CCC[C@H](CC(=O)[C@@H]1[C@H]2CCC[C@H]2CN1C(=O)[C@@H](NC(=O)[C@@H](CC(=O)c1ncc[nH]1)C1CCCCC1)C(C)(C)C)C(=O)C(=O)CC1CC1. The number of hydrogen-bond donors (Lipinski definition) is 2. The maximum absolute atomic E-state index is 14.6. The number of aromatic amines is 1. The Morgan fingerprint density at radius 2 is 1.69 bits per heavy atom. The van der Waals surface area contributed by atoms with E-state index in [-0.39, 0.29) is 72.0 Å². The number of carbonyl (C=O) groups is 6. The molecule has 0 aromatic carbocycles. The second kappa shape index (κ2) is 15.6. The number of hydrogen-bond acceptors (Lipinski definition) is 7. The summed E-state index contributed by atoms with van der Waals surface area (Å²) in [5, 5.41) is 3.10. The number of amides is 2. The van der Waals surface area contributed by atoms with Crippen LogP contribution in [0.2, 0.25) is 0 Å². The first-order valence-corrected chi connectivity index (χ1v) is 18.6. The van der Waals surface area contributed by atoms with Crippen LogP contribution < -0.4 is 5.32 Å². The van der Waals surface area contributed by atoms with Crippen molar-refractivity contribution in [1.82, 2.24) is 20.2 Å². The van der Waals surface area contributed by atoms with Crippen LogP contribution >= 0.6 is 0 Å². The minimum atomic E-state index is -0.905. The van der Waals surface area contributed by atoms with Crippen LogP contribution in [0.5, 0.6) is 0 Å². The monoisotopic (exact) mass is 664 g/mol. The number of fused-ring (bicyclic) bond motifs is 1. The minimum absolute atomic E-state index is 0.0103. The van der Waals surface area contributed by atoms with Gasteiger partial charge in [0.2, 0.25) is 17.6 Å². The van der Waals surface area contributed by atoms with E-state index in [0.717, 1.165) is 64.2 Å². The fraction of sp³-hybridized carbons (Fsp3) is 0.763. The van der Waals surface area contributed by atoms with Gasteiger partial charge in [0.05, 0.1) is 6.04 Å². The van der Waals surface area contributed by atoms with Gasteiger partial charge in [-0.2, -0.15) is 0 Å². The van der Waals surface area contributed by atoms with E-state index in [9.17, 15) is 28.8 Å². The van der Waals surface area contributed by atoms with Gasteiger partial charge < -0.3 is 15.2 Å². The Morgan fingerprint density at radius 1 is 0.958 bits per heavy atom. The lowest BCUT2D eigenvalue weighted by Gasteiger charge is -2.38. The molecule has 3 saturated carbocycles. The molecule has 4 aliphatic rings. The number of ketones is 4. The Labute approximate surface area is 285 Å². The summed E-state index contributed by atoms with van der Waals surface area (Å²) in [6.45, 7) is 8.13. The van der Waals surface area contributed by atoms with Crippen LogP contribution in [0.4, 0.5) is 0 Å². The third kappa shape index (κ3) is 8.51. The molecule has 5 rings (SSSR count). The molecular weight excluding hydrogens is 608 g/mol. The van der Waals surface area contributed by atoms with Gasteiger partial charge in [0.25, 0.3) is 0 Å². The molecule has 3 aliphatic carbocycles.